The highest BCUT2D eigenvalue weighted by molar-refractivity contribution is 6.21. The minimum atomic E-state index is -1.91. The lowest BCUT2D eigenvalue weighted by Gasteiger charge is -2.34. The maximum atomic E-state index is 12.1. The van der Waals surface area contributed by atoms with Gasteiger partial charge < -0.3 is 9.84 Å². The fourth-order valence-corrected chi connectivity index (χ4v) is 2.36. The normalized spacial score (nSPS) is 35.9. The van der Waals surface area contributed by atoms with Crippen molar-refractivity contribution in [2.24, 2.45) is 11.3 Å². The lowest BCUT2D eigenvalue weighted by molar-refractivity contribution is -0.160. The number of carbonyl (C=O) groups is 3. The number of ether oxygens (including phenoxy) is 1. The topological polar surface area (TPSA) is 80.7 Å². The van der Waals surface area contributed by atoms with Crippen LogP contribution in [0.5, 0.6) is 0 Å². The molecule has 2 aliphatic rings. The fraction of sp³-hybridized carbons (Fsp3) is 0.308. The molecule has 0 unspecified atom stereocenters. The third-order valence-electron chi connectivity index (χ3n) is 3.28. The lowest BCUT2D eigenvalue weighted by atomic mass is 9.65. The second kappa shape index (κ2) is 4.03. The second-order valence-electron chi connectivity index (χ2n) is 4.23. The Labute approximate surface area is 103 Å². The van der Waals surface area contributed by atoms with Gasteiger partial charge in [0.1, 0.15) is 6.10 Å². The number of cyclic esters (lactones) is 1. The van der Waals surface area contributed by atoms with Crippen molar-refractivity contribution in [3.05, 3.63) is 36.6 Å². The molecule has 1 fully saturated rings. The Morgan fingerprint density at radius 1 is 1.44 bits per heavy atom. The molecule has 3 atom stereocenters. The molecule has 0 aromatic heterocycles. The molecule has 5 heteroatoms. The van der Waals surface area contributed by atoms with Crippen molar-refractivity contribution < 1.29 is 24.2 Å². The summed E-state index contributed by atoms with van der Waals surface area (Å²) in [5.41, 5.74) is -1.91. The number of ketones is 2. The quantitative estimate of drug-likeness (QED) is 0.312. The lowest BCUT2D eigenvalue weighted by Crippen LogP contribution is -2.54. The molecule has 5 nitrogen and oxygen atoms in total. The average Bonchev–Trinajstić information content (AvgIpc) is 2.54. The molecule has 0 radical (unpaired) electrons. The predicted molar refractivity (Wildman–Crippen MR) is 61.1 cm³/mol. The van der Waals surface area contributed by atoms with Crippen molar-refractivity contribution in [2.45, 2.75) is 13.0 Å². The van der Waals surface area contributed by atoms with Crippen molar-refractivity contribution in [3.8, 4) is 0 Å². The molecule has 1 heterocycles. The van der Waals surface area contributed by atoms with Gasteiger partial charge in [-0.1, -0.05) is 24.8 Å². The largest absolute Gasteiger partial charge is 0.422 e. The van der Waals surface area contributed by atoms with Gasteiger partial charge in [0.15, 0.2) is 17.0 Å². The van der Waals surface area contributed by atoms with Crippen LogP contribution in [0.1, 0.15) is 6.92 Å². The molecule has 1 spiro atoms. The van der Waals surface area contributed by atoms with Crippen LogP contribution in [0.25, 0.3) is 0 Å². The maximum absolute atomic E-state index is 12.1. The highest BCUT2D eigenvalue weighted by Gasteiger charge is 2.65. The molecule has 0 saturated carbocycles. The van der Waals surface area contributed by atoms with E-state index >= 15 is 0 Å². The van der Waals surface area contributed by atoms with Crippen LogP contribution < -0.4 is 0 Å². The third kappa shape index (κ3) is 1.34. The molecule has 0 amide bonds. The van der Waals surface area contributed by atoms with Crippen LogP contribution in [0.15, 0.2) is 36.6 Å². The van der Waals surface area contributed by atoms with Crippen LogP contribution in [0, 0.1) is 11.3 Å². The van der Waals surface area contributed by atoms with Crippen molar-refractivity contribution in [2.75, 3.05) is 0 Å². The zero-order valence-corrected chi connectivity index (χ0v) is 9.75. The second-order valence-corrected chi connectivity index (χ2v) is 4.23. The smallest absolute Gasteiger partial charge is 0.329 e. The molecule has 0 bridgehead atoms. The highest BCUT2D eigenvalue weighted by atomic mass is 16.6. The number of Topliss-reactive ketones (excluding diaryl/α,β-unsaturated/α-hetero) is 1. The Balaban J connectivity index is 2.65. The highest BCUT2D eigenvalue weighted by Crippen LogP contribution is 2.45. The molecular formula is C13H12O5. The number of carbonyl (C=O) groups excluding carboxylic acids is 3. The number of aliphatic hydroxyl groups excluding tert-OH is 1. The van der Waals surface area contributed by atoms with E-state index in [1.165, 1.54) is 12.2 Å². The van der Waals surface area contributed by atoms with Gasteiger partial charge >= 0.3 is 5.97 Å². The summed E-state index contributed by atoms with van der Waals surface area (Å²) >= 11 is 0. The molecule has 1 N–H and O–H groups in total. The molecule has 1 aliphatic heterocycles. The molecule has 1 saturated heterocycles. The van der Waals surface area contributed by atoms with Crippen LogP contribution >= 0.6 is 0 Å². The fourth-order valence-electron chi connectivity index (χ4n) is 2.36. The summed E-state index contributed by atoms with van der Waals surface area (Å²) in [6.45, 7) is 5.04. The summed E-state index contributed by atoms with van der Waals surface area (Å²) in [7, 11) is 0. The summed E-state index contributed by atoms with van der Waals surface area (Å²) in [6.07, 6.45) is 4.07. The van der Waals surface area contributed by atoms with Crippen molar-refractivity contribution in [1.82, 2.24) is 0 Å². The monoisotopic (exact) mass is 248 g/mol. The zero-order valence-electron chi connectivity index (χ0n) is 9.75. The molecule has 94 valence electrons. The van der Waals surface area contributed by atoms with Crippen LogP contribution in [-0.2, 0) is 19.1 Å². The maximum Gasteiger partial charge on any atom is 0.329 e. The first-order valence-corrected chi connectivity index (χ1v) is 5.45. The number of hydrogen-bond donors (Lipinski definition) is 1. The molecule has 18 heavy (non-hydrogen) atoms. The van der Waals surface area contributed by atoms with E-state index in [0.29, 0.717) is 0 Å². The standard InChI is InChI=1S/C13H12O5/c1-3-4-8-5-6-9(14)11(16)13(8)10(15)7(2)18-12(13)17/h3-6,8,11,16H,2H2,1H3/b4-3+/t8-,11+,13-/m0/s1. The van der Waals surface area contributed by atoms with E-state index in [2.05, 4.69) is 6.58 Å². The molecular weight excluding hydrogens is 236 g/mol. The van der Waals surface area contributed by atoms with Gasteiger partial charge in [0.2, 0.25) is 5.78 Å². The summed E-state index contributed by atoms with van der Waals surface area (Å²) < 4.78 is 4.70. The third-order valence-corrected chi connectivity index (χ3v) is 3.28. The van der Waals surface area contributed by atoms with Gasteiger partial charge in [-0.25, -0.2) is 0 Å². The Kier molecular flexibility index (Phi) is 2.78. The number of allylic oxidation sites excluding steroid dienone is 4. The van der Waals surface area contributed by atoms with E-state index in [-0.39, 0.29) is 5.76 Å². The van der Waals surface area contributed by atoms with E-state index in [1.807, 2.05) is 0 Å². The van der Waals surface area contributed by atoms with Gasteiger partial charge in [-0.05, 0) is 13.0 Å². The minimum absolute atomic E-state index is 0.336. The van der Waals surface area contributed by atoms with Crippen LogP contribution in [0.4, 0.5) is 0 Å². The van der Waals surface area contributed by atoms with Gasteiger partial charge in [-0.2, -0.15) is 0 Å². The van der Waals surface area contributed by atoms with Gasteiger partial charge in [0.05, 0.1) is 0 Å². The van der Waals surface area contributed by atoms with E-state index in [4.69, 9.17) is 4.74 Å². The Bertz CT molecular complexity index is 513. The first kappa shape index (κ1) is 12.4. The van der Waals surface area contributed by atoms with Gasteiger partial charge in [-0.15, -0.1) is 0 Å². The summed E-state index contributed by atoms with van der Waals surface area (Å²) in [4.78, 5) is 35.6. The summed E-state index contributed by atoms with van der Waals surface area (Å²) in [5.74, 6) is -3.39. The van der Waals surface area contributed by atoms with Crippen molar-refractivity contribution >= 4 is 17.5 Å². The summed E-state index contributed by atoms with van der Waals surface area (Å²) in [5, 5.41) is 9.99. The van der Waals surface area contributed by atoms with Gasteiger partial charge in [-0.3, -0.25) is 14.4 Å². The zero-order chi connectivity index (χ0) is 13.5. The van der Waals surface area contributed by atoms with E-state index < -0.39 is 35.0 Å². The molecule has 0 aromatic carbocycles. The Morgan fingerprint density at radius 2 is 2.11 bits per heavy atom. The van der Waals surface area contributed by atoms with Crippen LogP contribution in [0.2, 0.25) is 0 Å². The number of rotatable bonds is 1. The van der Waals surface area contributed by atoms with E-state index in [0.717, 1.165) is 0 Å². The first-order valence-electron chi connectivity index (χ1n) is 5.45. The Hall–Kier alpha value is -2.01. The average molecular weight is 248 g/mol. The van der Waals surface area contributed by atoms with Crippen LogP contribution in [0.3, 0.4) is 0 Å². The number of aliphatic hydroxyl groups is 1. The number of hydrogen-bond acceptors (Lipinski definition) is 5. The van der Waals surface area contributed by atoms with E-state index in [9.17, 15) is 19.5 Å². The summed E-state index contributed by atoms with van der Waals surface area (Å²) in [6, 6.07) is 0. The molecule has 0 aromatic rings. The van der Waals surface area contributed by atoms with Gasteiger partial charge in [0.25, 0.3) is 0 Å². The SMILES string of the molecule is C=C1OC(=O)[C@]2(C1=O)[C@@H](/C=C/C)C=CC(=O)[C@H]2O. The predicted octanol–water partition coefficient (Wildman–Crippen LogP) is 0.304. The molecule has 1 aliphatic carbocycles. The van der Waals surface area contributed by atoms with Crippen molar-refractivity contribution in [3.63, 3.8) is 0 Å². The molecule has 2 rings (SSSR count). The van der Waals surface area contributed by atoms with Crippen molar-refractivity contribution in [1.29, 1.82) is 0 Å². The van der Waals surface area contributed by atoms with Gasteiger partial charge in [0, 0.05) is 5.92 Å². The van der Waals surface area contributed by atoms with E-state index in [1.54, 1.807) is 19.1 Å². The Morgan fingerprint density at radius 3 is 2.61 bits per heavy atom. The van der Waals surface area contributed by atoms with Crippen LogP contribution in [-0.4, -0.2) is 28.7 Å². The number of esters is 1. The minimum Gasteiger partial charge on any atom is -0.422 e. The first-order chi connectivity index (χ1) is 8.46.